The van der Waals surface area contributed by atoms with Crippen molar-refractivity contribution < 1.29 is 18.1 Å². The van der Waals surface area contributed by atoms with Gasteiger partial charge in [0.2, 0.25) is 10.0 Å². The van der Waals surface area contributed by atoms with Crippen LogP contribution in [0, 0.1) is 10.1 Å². The van der Waals surface area contributed by atoms with Gasteiger partial charge in [-0.2, -0.15) is 0 Å². The molecule has 0 amide bonds. The maximum absolute atomic E-state index is 12.7. The van der Waals surface area contributed by atoms with Gasteiger partial charge in [-0.15, -0.1) is 0 Å². The second-order valence-corrected chi connectivity index (χ2v) is 9.24. The number of piperidine rings is 1. The predicted octanol–water partition coefficient (Wildman–Crippen LogP) is 2.63. The van der Waals surface area contributed by atoms with Gasteiger partial charge in [0.15, 0.2) is 0 Å². The highest BCUT2D eigenvalue weighted by Crippen LogP contribution is 2.30. The van der Waals surface area contributed by atoms with E-state index in [1.54, 1.807) is 16.4 Å². The molecule has 3 rings (SSSR count). The Kier molecular flexibility index (Phi) is 6.01. The van der Waals surface area contributed by atoms with Crippen molar-refractivity contribution in [1.29, 1.82) is 0 Å². The van der Waals surface area contributed by atoms with Gasteiger partial charge in [-0.05, 0) is 37.8 Å². The third kappa shape index (κ3) is 4.28. The Hall–Kier alpha value is -1.42. The third-order valence-electron chi connectivity index (χ3n) is 4.92. The smallest absolute Gasteiger partial charge is 0.293 e. The first-order chi connectivity index (χ1) is 12.4. The van der Waals surface area contributed by atoms with Crippen LogP contribution >= 0.6 is 11.6 Å². The standard InChI is InChI=1S/C16H22ClN3O5S/c17-12-1-2-15(16(11-12)20(21)22)18-13-3-7-19(8-4-13)26(23,24)14-5-9-25-10-6-14/h1-2,11,13-14,18H,3-10H2. The zero-order valence-corrected chi connectivity index (χ0v) is 15.8. The Morgan fingerprint density at radius 1 is 1.19 bits per heavy atom. The molecule has 0 bridgehead atoms. The number of nitrogens with zero attached hydrogens (tertiary/aromatic N) is 2. The Balaban J connectivity index is 1.61. The second-order valence-electron chi connectivity index (χ2n) is 6.59. The molecule has 26 heavy (non-hydrogen) atoms. The van der Waals surface area contributed by atoms with Gasteiger partial charge in [0.1, 0.15) is 5.69 Å². The number of rotatable bonds is 5. The lowest BCUT2D eigenvalue weighted by Gasteiger charge is -2.35. The number of hydrogen-bond acceptors (Lipinski definition) is 6. The molecule has 0 spiro atoms. The number of nitro benzene ring substituents is 1. The van der Waals surface area contributed by atoms with Crippen molar-refractivity contribution in [2.24, 2.45) is 0 Å². The summed E-state index contributed by atoms with van der Waals surface area (Å²) in [7, 11) is -3.31. The molecule has 1 aromatic carbocycles. The number of hydrogen-bond donors (Lipinski definition) is 1. The van der Waals surface area contributed by atoms with E-state index in [1.807, 2.05) is 0 Å². The normalized spacial score (nSPS) is 20.8. The van der Waals surface area contributed by atoms with Crippen molar-refractivity contribution in [2.45, 2.75) is 37.0 Å². The number of nitro groups is 1. The molecule has 10 heteroatoms. The zero-order valence-electron chi connectivity index (χ0n) is 14.3. The number of benzene rings is 1. The van der Waals surface area contributed by atoms with Gasteiger partial charge in [0.25, 0.3) is 5.69 Å². The summed E-state index contributed by atoms with van der Waals surface area (Å²) >= 11 is 5.83. The van der Waals surface area contributed by atoms with Crippen molar-refractivity contribution in [1.82, 2.24) is 4.31 Å². The van der Waals surface area contributed by atoms with Crippen LogP contribution in [0.25, 0.3) is 0 Å². The maximum atomic E-state index is 12.7. The second kappa shape index (κ2) is 8.08. The van der Waals surface area contributed by atoms with Crippen LogP contribution in [0.2, 0.25) is 5.02 Å². The average molecular weight is 404 g/mol. The van der Waals surface area contributed by atoms with E-state index in [4.69, 9.17) is 16.3 Å². The van der Waals surface area contributed by atoms with Crippen LogP contribution in [0.3, 0.4) is 0 Å². The van der Waals surface area contributed by atoms with Crippen LogP contribution in [0.15, 0.2) is 18.2 Å². The monoisotopic (exact) mass is 403 g/mol. The minimum atomic E-state index is -3.31. The van der Waals surface area contributed by atoms with E-state index in [0.29, 0.717) is 62.7 Å². The molecule has 2 saturated heterocycles. The summed E-state index contributed by atoms with van der Waals surface area (Å²) in [4.78, 5) is 10.7. The van der Waals surface area contributed by atoms with Gasteiger partial charge < -0.3 is 10.1 Å². The molecule has 144 valence electrons. The fourth-order valence-electron chi connectivity index (χ4n) is 3.44. The quantitative estimate of drug-likeness (QED) is 0.599. The molecular weight excluding hydrogens is 382 g/mol. The Morgan fingerprint density at radius 2 is 1.85 bits per heavy atom. The molecule has 0 unspecified atom stereocenters. The molecule has 1 aromatic rings. The summed E-state index contributed by atoms with van der Waals surface area (Å²) in [5, 5.41) is 14.3. The van der Waals surface area contributed by atoms with Crippen molar-refractivity contribution in [2.75, 3.05) is 31.6 Å². The Bertz CT molecular complexity index is 759. The minimum absolute atomic E-state index is 0.0176. The molecule has 0 saturated carbocycles. The first-order valence-corrected chi connectivity index (χ1v) is 10.5. The summed E-state index contributed by atoms with van der Waals surface area (Å²) in [6.07, 6.45) is 2.28. The van der Waals surface area contributed by atoms with E-state index >= 15 is 0 Å². The largest absolute Gasteiger partial charge is 0.381 e. The lowest BCUT2D eigenvalue weighted by atomic mass is 10.1. The maximum Gasteiger partial charge on any atom is 0.293 e. The summed E-state index contributed by atoms with van der Waals surface area (Å²) in [5.41, 5.74) is 0.333. The number of nitrogens with one attached hydrogen (secondary N) is 1. The van der Waals surface area contributed by atoms with Crippen molar-refractivity contribution in [3.05, 3.63) is 33.3 Å². The highest BCUT2D eigenvalue weighted by molar-refractivity contribution is 7.89. The zero-order chi connectivity index (χ0) is 18.7. The van der Waals surface area contributed by atoms with Crippen LogP contribution < -0.4 is 5.32 Å². The van der Waals surface area contributed by atoms with E-state index < -0.39 is 14.9 Å². The van der Waals surface area contributed by atoms with Crippen molar-refractivity contribution >= 4 is 33.0 Å². The molecular formula is C16H22ClN3O5S. The molecule has 8 nitrogen and oxygen atoms in total. The highest BCUT2D eigenvalue weighted by atomic mass is 35.5. The first kappa shape index (κ1) is 19.3. The van der Waals surface area contributed by atoms with Crippen LogP contribution in [-0.2, 0) is 14.8 Å². The molecule has 2 heterocycles. The fraction of sp³-hybridized carbons (Fsp3) is 0.625. The van der Waals surface area contributed by atoms with Crippen molar-refractivity contribution in [3.63, 3.8) is 0 Å². The van der Waals surface area contributed by atoms with Gasteiger partial charge in [0.05, 0.1) is 10.2 Å². The minimum Gasteiger partial charge on any atom is -0.381 e. The number of halogens is 1. The van der Waals surface area contributed by atoms with Gasteiger partial charge in [-0.1, -0.05) is 11.6 Å². The van der Waals surface area contributed by atoms with Crippen LogP contribution in [0.1, 0.15) is 25.7 Å². The van der Waals surface area contributed by atoms with Crippen LogP contribution in [-0.4, -0.2) is 55.2 Å². The molecule has 0 atom stereocenters. The summed E-state index contributed by atoms with van der Waals surface area (Å²) < 4.78 is 32.3. The van der Waals surface area contributed by atoms with Crippen LogP contribution in [0.5, 0.6) is 0 Å². The molecule has 2 aliphatic rings. The summed E-state index contributed by atoms with van der Waals surface area (Å²) in [6, 6.07) is 4.48. The fourth-order valence-corrected chi connectivity index (χ4v) is 5.53. The number of sulfonamides is 1. The summed E-state index contributed by atoms with van der Waals surface area (Å²) in [6.45, 7) is 1.81. The molecule has 0 aliphatic carbocycles. The summed E-state index contributed by atoms with van der Waals surface area (Å²) in [5.74, 6) is 0. The first-order valence-electron chi connectivity index (χ1n) is 8.65. The van der Waals surface area contributed by atoms with E-state index in [2.05, 4.69) is 5.32 Å². The van der Waals surface area contributed by atoms with E-state index in [-0.39, 0.29) is 17.0 Å². The van der Waals surface area contributed by atoms with Crippen molar-refractivity contribution in [3.8, 4) is 0 Å². The van der Waals surface area contributed by atoms with E-state index in [9.17, 15) is 18.5 Å². The molecule has 2 aliphatic heterocycles. The predicted molar refractivity (Wildman–Crippen MR) is 99.1 cm³/mol. The van der Waals surface area contributed by atoms with Gasteiger partial charge in [-0.3, -0.25) is 10.1 Å². The molecule has 0 aromatic heterocycles. The third-order valence-corrected chi connectivity index (χ3v) is 7.55. The van der Waals surface area contributed by atoms with Gasteiger partial charge in [0, 0.05) is 43.4 Å². The highest BCUT2D eigenvalue weighted by Gasteiger charge is 2.35. The SMILES string of the molecule is O=[N+]([O-])c1cc(Cl)ccc1NC1CCN(S(=O)(=O)C2CCOCC2)CC1. The van der Waals surface area contributed by atoms with E-state index in [1.165, 1.54) is 6.07 Å². The average Bonchev–Trinajstić information content (AvgIpc) is 2.64. The Labute approximate surface area is 157 Å². The lowest BCUT2D eigenvalue weighted by molar-refractivity contribution is -0.384. The van der Waals surface area contributed by atoms with Crippen LogP contribution in [0.4, 0.5) is 11.4 Å². The molecule has 1 N–H and O–H groups in total. The number of anilines is 1. The van der Waals surface area contributed by atoms with E-state index in [0.717, 1.165) is 0 Å². The van der Waals surface area contributed by atoms with Gasteiger partial charge in [-0.25, -0.2) is 12.7 Å². The lowest BCUT2D eigenvalue weighted by Crippen LogP contribution is -2.47. The number of ether oxygens (including phenoxy) is 1. The molecule has 2 fully saturated rings. The topological polar surface area (TPSA) is 102 Å². The van der Waals surface area contributed by atoms with Gasteiger partial charge >= 0.3 is 0 Å². The Morgan fingerprint density at radius 3 is 2.46 bits per heavy atom. The molecule has 0 radical (unpaired) electrons.